The molecule has 2 rings (SSSR count). The van der Waals surface area contributed by atoms with E-state index in [2.05, 4.69) is 70.7 Å². The van der Waals surface area contributed by atoms with Gasteiger partial charge < -0.3 is 15.2 Å². The molecule has 0 saturated carbocycles. The van der Waals surface area contributed by atoms with Crippen LogP contribution in [0.2, 0.25) is 0 Å². The van der Waals surface area contributed by atoms with Gasteiger partial charge in [0, 0.05) is 38.6 Å². The van der Waals surface area contributed by atoms with Gasteiger partial charge in [0.05, 0.1) is 0 Å². The van der Waals surface area contributed by atoms with Gasteiger partial charge in [0.2, 0.25) is 0 Å². The number of aliphatic imine (C=N–C) groups is 1. The van der Waals surface area contributed by atoms with Crippen molar-refractivity contribution < 1.29 is 0 Å². The first-order valence-electron chi connectivity index (χ1n) is 7.96. The zero-order valence-corrected chi connectivity index (χ0v) is 16.3. The van der Waals surface area contributed by atoms with Crippen LogP contribution < -0.4 is 10.6 Å². The first-order valence-corrected chi connectivity index (χ1v) is 7.96. The molecule has 23 heavy (non-hydrogen) atoms. The minimum Gasteiger partial charge on any atom is -0.357 e. The first kappa shape index (κ1) is 19.5. The molecule has 0 spiro atoms. The van der Waals surface area contributed by atoms with Gasteiger partial charge in [-0.05, 0) is 38.0 Å². The smallest absolute Gasteiger partial charge is 0.191 e. The van der Waals surface area contributed by atoms with E-state index in [4.69, 9.17) is 0 Å². The quantitative estimate of drug-likeness (QED) is 0.406. The minimum absolute atomic E-state index is 0. The van der Waals surface area contributed by atoms with E-state index in [1.807, 2.05) is 12.1 Å². The van der Waals surface area contributed by atoms with Crippen LogP contribution in [-0.4, -0.2) is 30.2 Å². The maximum Gasteiger partial charge on any atom is 0.191 e. The molecule has 1 aromatic heterocycles. The molecule has 0 atom stereocenters. The van der Waals surface area contributed by atoms with Crippen molar-refractivity contribution >= 4 is 29.9 Å². The van der Waals surface area contributed by atoms with Crippen LogP contribution in [0.4, 0.5) is 0 Å². The largest absolute Gasteiger partial charge is 0.357 e. The van der Waals surface area contributed by atoms with E-state index in [-0.39, 0.29) is 24.0 Å². The molecule has 0 bridgehead atoms. The number of hydrogen-bond acceptors (Lipinski definition) is 1. The molecule has 0 aliphatic rings. The molecular weight excluding hydrogens is 399 g/mol. The van der Waals surface area contributed by atoms with Crippen LogP contribution in [0, 0.1) is 6.92 Å². The summed E-state index contributed by atoms with van der Waals surface area (Å²) < 4.78 is 2.16. The molecule has 0 amide bonds. The molecule has 4 nitrogen and oxygen atoms in total. The van der Waals surface area contributed by atoms with Gasteiger partial charge >= 0.3 is 0 Å². The topological polar surface area (TPSA) is 41.4 Å². The van der Waals surface area contributed by atoms with Gasteiger partial charge in [-0.1, -0.05) is 29.8 Å². The van der Waals surface area contributed by atoms with E-state index in [0.29, 0.717) is 0 Å². The maximum absolute atomic E-state index is 4.64. The Morgan fingerprint density at radius 2 is 1.78 bits per heavy atom. The van der Waals surface area contributed by atoms with Gasteiger partial charge in [0.25, 0.3) is 0 Å². The Hall–Kier alpha value is -1.50. The van der Waals surface area contributed by atoms with Gasteiger partial charge in [0.1, 0.15) is 0 Å². The monoisotopic (exact) mass is 426 g/mol. The SMILES string of the molecule is CCNC(=NCCc1ccc(C)cc1)NCCn1cccc1.I. The second kappa shape index (κ2) is 11.1. The van der Waals surface area contributed by atoms with E-state index in [1.54, 1.807) is 0 Å². The lowest BCUT2D eigenvalue weighted by molar-refractivity contribution is 0.665. The highest BCUT2D eigenvalue weighted by atomic mass is 127. The number of aromatic nitrogens is 1. The summed E-state index contributed by atoms with van der Waals surface area (Å²) >= 11 is 0. The molecule has 0 aliphatic carbocycles. The highest BCUT2D eigenvalue weighted by Gasteiger charge is 1.97. The summed E-state index contributed by atoms with van der Waals surface area (Å²) in [4.78, 5) is 4.64. The number of rotatable bonds is 7. The number of nitrogens with zero attached hydrogens (tertiary/aromatic N) is 2. The van der Waals surface area contributed by atoms with Gasteiger partial charge in [-0.25, -0.2) is 0 Å². The third-order valence-corrected chi connectivity index (χ3v) is 3.46. The molecule has 0 unspecified atom stereocenters. The van der Waals surface area contributed by atoms with Gasteiger partial charge in [-0.2, -0.15) is 0 Å². The van der Waals surface area contributed by atoms with Crippen LogP contribution in [0.1, 0.15) is 18.1 Å². The van der Waals surface area contributed by atoms with Crippen LogP contribution >= 0.6 is 24.0 Å². The number of aryl methyl sites for hydroxylation is 1. The maximum atomic E-state index is 4.64. The number of hydrogen-bond donors (Lipinski definition) is 2. The van der Waals surface area contributed by atoms with E-state index < -0.39 is 0 Å². The fourth-order valence-electron chi connectivity index (χ4n) is 2.22. The number of nitrogens with one attached hydrogen (secondary N) is 2. The zero-order chi connectivity index (χ0) is 15.6. The summed E-state index contributed by atoms with van der Waals surface area (Å²) in [5.41, 5.74) is 2.63. The van der Waals surface area contributed by atoms with E-state index in [1.165, 1.54) is 11.1 Å². The summed E-state index contributed by atoms with van der Waals surface area (Å²) in [6.45, 7) is 7.67. The average molecular weight is 426 g/mol. The lowest BCUT2D eigenvalue weighted by Crippen LogP contribution is -2.39. The third kappa shape index (κ3) is 7.54. The Morgan fingerprint density at radius 3 is 2.43 bits per heavy atom. The van der Waals surface area contributed by atoms with E-state index >= 15 is 0 Å². The van der Waals surface area contributed by atoms with Crippen LogP contribution in [0.3, 0.4) is 0 Å². The number of guanidine groups is 1. The van der Waals surface area contributed by atoms with E-state index in [9.17, 15) is 0 Å². The van der Waals surface area contributed by atoms with Gasteiger partial charge in [-0.3, -0.25) is 4.99 Å². The molecule has 2 N–H and O–H groups in total. The Morgan fingerprint density at radius 1 is 1.09 bits per heavy atom. The molecule has 126 valence electrons. The van der Waals surface area contributed by atoms with Crippen molar-refractivity contribution in [3.8, 4) is 0 Å². The molecule has 0 aliphatic heterocycles. The average Bonchev–Trinajstić information content (AvgIpc) is 3.02. The first-order chi connectivity index (χ1) is 10.8. The summed E-state index contributed by atoms with van der Waals surface area (Å²) in [5.74, 6) is 0.891. The Kier molecular flexibility index (Phi) is 9.43. The standard InChI is InChI=1S/C18H26N4.HI/c1-3-19-18(21-12-15-22-13-4-5-14-22)20-11-10-17-8-6-16(2)7-9-17;/h4-9,13-14H,3,10-12,15H2,1-2H3,(H2,19,20,21);1H. The lowest BCUT2D eigenvalue weighted by atomic mass is 10.1. The highest BCUT2D eigenvalue weighted by Crippen LogP contribution is 2.03. The van der Waals surface area contributed by atoms with Crippen LogP contribution in [0.5, 0.6) is 0 Å². The second-order valence-electron chi connectivity index (χ2n) is 5.34. The molecule has 0 fully saturated rings. The zero-order valence-electron chi connectivity index (χ0n) is 14.0. The van der Waals surface area contributed by atoms with Crippen molar-refractivity contribution in [2.75, 3.05) is 19.6 Å². The van der Waals surface area contributed by atoms with Gasteiger partial charge in [0.15, 0.2) is 5.96 Å². The summed E-state index contributed by atoms with van der Waals surface area (Å²) in [7, 11) is 0. The Labute approximate surface area is 156 Å². The third-order valence-electron chi connectivity index (χ3n) is 3.46. The van der Waals surface area contributed by atoms with Crippen molar-refractivity contribution in [1.82, 2.24) is 15.2 Å². The van der Waals surface area contributed by atoms with Crippen molar-refractivity contribution in [3.05, 3.63) is 59.9 Å². The molecule has 1 aromatic carbocycles. The Bertz CT molecular complexity index is 561. The highest BCUT2D eigenvalue weighted by molar-refractivity contribution is 14.0. The molecule has 1 heterocycles. The fourth-order valence-corrected chi connectivity index (χ4v) is 2.22. The molecule has 0 saturated heterocycles. The molecule has 5 heteroatoms. The predicted octanol–water partition coefficient (Wildman–Crippen LogP) is 3.21. The second-order valence-corrected chi connectivity index (χ2v) is 5.34. The molecular formula is C18H27IN4. The van der Waals surface area contributed by atoms with Gasteiger partial charge in [-0.15, -0.1) is 24.0 Å². The number of benzene rings is 1. The minimum atomic E-state index is 0. The predicted molar refractivity (Wildman–Crippen MR) is 109 cm³/mol. The summed E-state index contributed by atoms with van der Waals surface area (Å²) in [6.07, 6.45) is 5.11. The van der Waals surface area contributed by atoms with Crippen molar-refractivity contribution in [3.63, 3.8) is 0 Å². The molecule has 2 aromatic rings. The van der Waals surface area contributed by atoms with Crippen molar-refractivity contribution in [1.29, 1.82) is 0 Å². The van der Waals surface area contributed by atoms with Crippen LogP contribution in [0.15, 0.2) is 53.8 Å². The van der Waals surface area contributed by atoms with Crippen LogP contribution in [-0.2, 0) is 13.0 Å². The molecule has 0 radical (unpaired) electrons. The Balaban J connectivity index is 0.00000264. The van der Waals surface area contributed by atoms with Crippen LogP contribution in [0.25, 0.3) is 0 Å². The number of halogens is 1. The van der Waals surface area contributed by atoms with Crippen molar-refractivity contribution in [2.45, 2.75) is 26.8 Å². The summed E-state index contributed by atoms with van der Waals surface area (Å²) in [5, 5.41) is 6.66. The fraction of sp³-hybridized carbons (Fsp3) is 0.389. The lowest BCUT2D eigenvalue weighted by Gasteiger charge is -2.11. The normalized spacial score (nSPS) is 11.0. The van der Waals surface area contributed by atoms with Crippen molar-refractivity contribution in [2.24, 2.45) is 4.99 Å². The summed E-state index contributed by atoms with van der Waals surface area (Å²) in [6, 6.07) is 12.7. The van der Waals surface area contributed by atoms with E-state index in [0.717, 1.165) is 38.6 Å².